The minimum atomic E-state index is -1.02. The molecule has 0 saturated carbocycles. The van der Waals surface area contributed by atoms with E-state index in [2.05, 4.69) is 72.9 Å². The Kier molecular flexibility index (Phi) is 13.4. The third-order valence-corrected chi connectivity index (χ3v) is 12.0. The van der Waals surface area contributed by atoms with Crippen molar-refractivity contribution in [2.24, 2.45) is 23.7 Å². The molecule has 9 nitrogen and oxygen atoms in total. The Morgan fingerprint density at radius 2 is 1.62 bits per heavy atom. The number of aromatic nitrogens is 3. The van der Waals surface area contributed by atoms with Gasteiger partial charge in [-0.2, -0.15) is 0 Å². The van der Waals surface area contributed by atoms with Gasteiger partial charge in [0.1, 0.15) is 18.3 Å². The number of rotatable bonds is 12. The number of ether oxygens (including phenoxy) is 2. The Hall–Kier alpha value is -3.89. The Balaban J connectivity index is 0.00000580. The van der Waals surface area contributed by atoms with Gasteiger partial charge in [0.15, 0.2) is 0 Å². The molecule has 3 aromatic rings. The summed E-state index contributed by atoms with van der Waals surface area (Å²) in [7, 11) is 1.34. The first-order valence-electron chi connectivity index (χ1n) is 19.8. The van der Waals surface area contributed by atoms with Crippen molar-refractivity contribution in [3.8, 4) is 0 Å². The Morgan fingerprint density at radius 3 is 2.29 bits per heavy atom. The van der Waals surface area contributed by atoms with Crippen LogP contribution in [0.15, 0.2) is 17.3 Å². The molecule has 55 heavy (non-hydrogen) atoms. The van der Waals surface area contributed by atoms with E-state index in [1.54, 1.807) is 0 Å². The maximum absolute atomic E-state index is 13.5. The van der Waals surface area contributed by atoms with Gasteiger partial charge < -0.3 is 34.8 Å². The summed E-state index contributed by atoms with van der Waals surface area (Å²) < 4.78 is 11.0. The van der Waals surface area contributed by atoms with E-state index in [1.807, 2.05) is 19.1 Å². The van der Waals surface area contributed by atoms with Crippen molar-refractivity contribution in [2.45, 2.75) is 113 Å². The van der Waals surface area contributed by atoms with Crippen LogP contribution in [0.5, 0.6) is 0 Å². The predicted octanol–water partition coefficient (Wildman–Crippen LogP) is 4.18. The molecule has 0 aromatic carbocycles. The molecule has 1 aliphatic carbocycles. The van der Waals surface area contributed by atoms with Crippen LogP contribution >= 0.6 is 0 Å². The van der Waals surface area contributed by atoms with E-state index in [1.165, 1.54) is 24.7 Å². The van der Waals surface area contributed by atoms with Gasteiger partial charge in [-0.1, -0.05) is 92.7 Å². The van der Waals surface area contributed by atoms with Crippen LogP contribution in [-0.4, -0.2) is 59.9 Å². The van der Waals surface area contributed by atoms with Crippen LogP contribution in [0.4, 0.5) is 0 Å². The third-order valence-electron chi connectivity index (χ3n) is 12.0. The van der Waals surface area contributed by atoms with Crippen molar-refractivity contribution in [3.05, 3.63) is 83.5 Å². The summed E-state index contributed by atoms with van der Waals surface area (Å²) in [6, 6.07) is -0.422. The predicted molar refractivity (Wildman–Crippen MR) is 219 cm³/mol. The van der Waals surface area contributed by atoms with Crippen LogP contribution in [0.2, 0.25) is 0 Å². The van der Waals surface area contributed by atoms with Gasteiger partial charge in [0, 0.05) is 23.3 Å². The molecule has 4 atom stereocenters. The number of hydrogen-bond donors (Lipinski definition) is 2. The maximum atomic E-state index is 13.5. The van der Waals surface area contributed by atoms with Crippen molar-refractivity contribution in [1.29, 1.82) is 0 Å². The van der Waals surface area contributed by atoms with Gasteiger partial charge >= 0.3 is 35.0 Å². The van der Waals surface area contributed by atoms with E-state index in [4.69, 9.17) is 24.4 Å². The van der Waals surface area contributed by atoms with Gasteiger partial charge in [0.25, 0.3) is 0 Å². The Morgan fingerprint density at radius 1 is 0.927 bits per heavy atom. The largest absolute Gasteiger partial charge is 2.00 e. The number of nitrogens with zero attached hydrogens (tertiary/aromatic N) is 3. The van der Waals surface area contributed by atoms with Crippen molar-refractivity contribution in [3.63, 3.8) is 0 Å². The van der Waals surface area contributed by atoms with Gasteiger partial charge in [-0.05, 0) is 83.3 Å². The number of methoxy groups -OCH3 is 1. The van der Waals surface area contributed by atoms with E-state index < -0.39 is 17.9 Å². The maximum Gasteiger partial charge on any atom is 2.00 e. The van der Waals surface area contributed by atoms with E-state index >= 15 is 0 Å². The van der Waals surface area contributed by atoms with Gasteiger partial charge in [-0.15, -0.1) is 33.1 Å². The van der Waals surface area contributed by atoms with Gasteiger partial charge in [-0.25, -0.2) is 0 Å². The van der Waals surface area contributed by atoms with E-state index in [9.17, 15) is 14.7 Å². The first-order valence-corrected chi connectivity index (χ1v) is 19.8. The van der Waals surface area contributed by atoms with Crippen molar-refractivity contribution >= 4 is 64.6 Å². The average molecular weight is 758 g/mol. The number of carbonyl (C=O) groups excluding carboxylic acids is 2. The van der Waals surface area contributed by atoms with E-state index in [-0.39, 0.29) is 59.6 Å². The first-order chi connectivity index (χ1) is 25.8. The minimum absolute atomic E-state index is 0. The van der Waals surface area contributed by atoms with Crippen LogP contribution < -0.4 is 41.5 Å². The molecule has 2 aliphatic heterocycles. The molecule has 1 saturated heterocycles. The molecule has 0 radical (unpaired) electrons. The topological polar surface area (TPSA) is 127 Å². The molecule has 5 heterocycles. The van der Waals surface area contributed by atoms with Crippen LogP contribution in [-0.2, 0) is 31.9 Å². The van der Waals surface area contributed by atoms with Crippen molar-refractivity contribution in [2.75, 3.05) is 13.7 Å². The summed E-state index contributed by atoms with van der Waals surface area (Å²) in [5.41, 5.74) is 10.7. The number of hydrogen-bond acceptors (Lipinski definition) is 6. The SMILES string of the molecule is CCc1c2[n-]c(c1C)/C=C1\NC(C3=c4[n-]c(c(C)c4=C(O)[C@@H]3C(=O)OC)/C=c3\[n-]/c(c(C)c3CC)=C\2)[C@@H](CCC(=O)OC/C=C(\C)CCCC(C)C)[C@@H]1C.[Mg+2]. The summed E-state index contributed by atoms with van der Waals surface area (Å²) in [5, 5.41) is 18.5. The van der Waals surface area contributed by atoms with Crippen LogP contribution in [0.1, 0.15) is 119 Å². The molecule has 0 amide bonds. The summed E-state index contributed by atoms with van der Waals surface area (Å²) >= 11 is 0. The Bertz CT molecular complexity index is 2270. The van der Waals surface area contributed by atoms with Crippen LogP contribution in [0.3, 0.4) is 0 Å². The van der Waals surface area contributed by atoms with Gasteiger partial charge in [0.2, 0.25) is 0 Å². The zero-order valence-electron chi connectivity index (χ0n) is 34.5. The molecule has 290 valence electrons. The standard InChI is InChI=1S/C45H57N4O5.Mg/c1-11-29-25(6)32-20-34-27(8)31(16-17-38(50)54-19-18-24(5)15-13-14-23(3)4)42(48-34)40-41(45(52)53-10)44(51)39-28(9)35(49-43(39)40)22-37-30(12-2)26(7)33(47-37)21-36(29)46-32;/h18,20-23,27,31,41-42,48,51H,11-17,19H2,1-10H3;/q-3;+2/b24-18+,33-21-,34-20-,37-22-;/t27-,31-,41+,42?;/m0./s1. The Labute approximate surface area is 341 Å². The molecule has 2 N–H and O–H groups in total. The zero-order chi connectivity index (χ0) is 39.0. The molecule has 3 aliphatic rings. The summed E-state index contributed by atoms with van der Waals surface area (Å²) in [4.78, 5) is 42.2. The fraction of sp³-hybridized carbons (Fsp3) is 0.511. The number of nitrogens with one attached hydrogen (secondary N) is 1. The van der Waals surface area contributed by atoms with Crippen LogP contribution in [0, 0.1) is 44.4 Å². The van der Waals surface area contributed by atoms with Crippen molar-refractivity contribution in [1.82, 2.24) is 20.3 Å². The third kappa shape index (κ3) is 8.17. The smallest absolute Gasteiger partial charge is 0.657 e. The number of carbonyl (C=O) groups is 2. The first kappa shape index (κ1) is 42.3. The summed E-state index contributed by atoms with van der Waals surface area (Å²) in [6.07, 6.45) is 13.9. The summed E-state index contributed by atoms with van der Waals surface area (Å²) in [5.74, 6) is -1.38. The molecular formula is C45H57MgN4O5-. The number of aliphatic hydroxyl groups excluding tert-OH is 1. The molecule has 10 heteroatoms. The number of allylic oxidation sites excluding steroid dienone is 2. The number of aliphatic hydroxyl groups is 1. The minimum Gasteiger partial charge on any atom is -0.657 e. The molecule has 1 fully saturated rings. The fourth-order valence-electron chi connectivity index (χ4n) is 8.77. The molecule has 8 bridgehead atoms. The molecule has 6 rings (SSSR count). The van der Waals surface area contributed by atoms with E-state index in [0.717, 1.165) is 75.7 Å². The molecule has 3 aromatic heterocycles. The second-order valence-corrected chi connectivity index (χ2v) is 15.8. The van der Waals surface area contributed by atoms with Gasteiger partial charge in [0.05, 0.1) is 13.2 Å². The number of esters is 2. The van der Waals surface area contributed by atoms with Gasteiger partial charge in [-0.3, -0.25) is 9.59 Å². The quantitative estimate of drug-likeness (QED) is 0.159. The normalized spacial score (nSPS) is 22.3. The average Bonchev–Trinajstić information content (AvgIpc) is 3.87. The van der Waals surface area contributed by atoms with Crippen LogP contribution in [0.25, 0.3) is 29.6 Å². The summed E-state index contributed by atoms with van der Waals surface area (Å²) in [6.45, 7) is 19.4. The molecule has 0 spiro atoms. The zero-order valence-corrected chi connectivity index (χ0v) is 35.9. The van der Waals surface area contributed by atoms with E-state index in [0.29, 0.717) is 34.2 Å². The van der Waals surface area contributed by atoms with Crippen molar-refractivity contribution < 1.29 is 24.2 Å². The second-order valence-electron chi connectivity index (χ2n) is 15.8. The molecule has 1 unspecified atom stereocenters. The second kappa shape index (κ2) is 17.5. The molecular weight excluding hydrogens is 701 g/mol. The fourth-order valence-corrected chi connectivity index (χ4v) is 8.77. The monoisotopic (exact) mass is 757 g/mol. The number of fused-ring (bicyclic) bond motifs is 8.